The molecule has 0 spiro atoms. The van der Waals surface area contributed by atoms with Crippen LogP contribution in [0.4, 0.5) is 0 Å². The monoisotopic (exact) mass is 320 g/mol. The number of aryl methyl sites for hydroxylation is 2. The van der Waals surface area contributed by atoms with Gasteiger partial charge in [-0.2, -0.15) is 0 Å². The van der Waals surface area contributed by atoms with Crippen molar-refractivity contribution in [3.63, 3.8) is 0 Å². The zero-order valence-corrected chi connectivity index (χ0v) is 14.4. The standard InChI is InChI=1S/C18H28N2O3/c1-14-5-6-17(15(2)13-14)23-16(3)18(21)19-7-4-8-20-9-11-22-12-10-20/h5-6,13,16H,4,7-12H2,1-3H3,(H,19,21)/t16-/m1/s1. The summed E-state index contributed by atoms with van der Waals surface area (Å²) >= 11 is 0. The Balaban J connectivity index is 1.68. The third kappa shape index (κ3) is 5.84. The quantitative estimate of drug-likeness (QED) is 0.780. The number of ether oxygens (including phenoxy) is 2. The second kappa shape index (κ2) is 8.89. The summed E-state index contributed by atoms with van der Waals surface area (Å²) in [6, 6.07) is 5.98. The highest BCUT2D eigenvalue weighted by Gasteiger charge is 2.15. The van der Waals surface area contributed by atoms with Crippen LogP contribution in [0.15, 0.2) is 18.2 Å². The van der Waals surface area contributed by atoms with Gasteiger partial charge < -0.3 is 14.8 Å². The number of morpholine rings is 1. The summed E-state index contributed by atoms with van der Waals surface area (Å²) < 4.78 is 11.1. The van der Waals surface area contributed by atoms with Gasteiger partial charge in [0.15, 0.2) is 6.10 Å². The molecule has 1 atom stereocenters. The number of rotatable bonds is 7. The molecule has 1 saturated heterocycles. The normalized spacial score (nSPS) is 16.8. The van der Waals surface area contributed by atoms with Crippen LogP contribution in [0, 0.1) is 13.8 Å². The van der Waals surface area contributed by atoms with Crippen LogP contribution in [0.2, 0.25) is 0 Å². The molecular formula is C18H28N2O3. The van der Waals surface area contributed by atoms with E-state index in [1.54, 1.807) is 6.92 Å². The predicted molar refractivity (Wildman–Crippen MR) is 90.9 cm³/mol. The first-order valence-corrected chi connectivity index (χ1v) is 8.38. The average molecular weight is 320 g/mol. The van der Waals surface area contributed by atoms with Gasteiger partial charge in [-0.05, 0) is 45.4 Å². The van der Waals surface area contributed by atoms with E-state index in [0.29, 0.717) is 6.54 Å². The molecule has 1 amide bonds. The highest BCUT2D eigenvalue weighted by atomic mass is 16.5. The van der Waals surface area contributed by atoms with Gasteiger partial charge in [0.05, 0.1) is 13.2 Å². The summed E-state index contributed by atoms with van der Waals surface area (Å²) in [6.45, 7) is 11.1. The lowest BCUT2D eigenvalue weighted by molar-refractivity contribution is -0.127. The lowest BCUT2D eigenvalue weighted by Crippen LogP contribution is -2.40. The summed E-state index contributed by atoms with van der Waals surface area (Å²) in [5.74, 6) is 0.707. The largest absolute Gasteiger partial charge is 0.481 e. The Kier molecular flexibility index (Phi) is 6.86. The summed E-state index contributed by atoms with van der Waals surface area (Å²) in [7, 11) is 0. The molecule has 0 aromatic heterocycles. The lowest BCUT2D eigenvalue weighted by Gasteiger charge is -2.26. The molecule has 1 aromatic rings. The maximum atomic E-state index is 12.1. The van der Waals surface area contributed by atoms with Crippen LogP contribution in [0.5, 0.6) is 5.75 Å². The lowest BCUT2D eigenvalue weighted by atomic mass is 10.1. The van der Waals surface area contributed by atoms with Crippen molar-refractivity contribution >= 4 is 5.91 Å². The van der Waals surface area contributed by atoms with Crippen molar-refractivity contribution in [3.8, 4) is 5.75 Å². The number of carbonyl (C=O) groups is 1. The highest BCUT2D eigenvalue weighted by Crippen LogP contribution is 2.20. The molecule has 23 heavy (non-hydrogen) atoms. The van der Waals surface area contributed by atoms with E-state index in [9.17, 15) is 4.79 Å². The number of nitrogens with zero attached hydrogens (tertiary/aromatic N) is 1. The topological polar surface area (TPSA) is 50.8 Å². The third-order valence-corrected chi connectivity index (χ3v) is 4.06. The molecule has 5 nitrogen and oxygen atoms in total. The van der Waals surface area contributed by atoms with E-state index in [-0.39, 0.29) is 5.91 Å². The van der Waals surface area contributed by atoms with E-state index in [4.69, 9.17) is 9.47 Å². The van der Waals surface area contributed by atoms with E-state index in [0.717, 1.165) is 50.6 Å². The van der Waals surface area contributed by atoms with E-state index in [1.807, 2.05) is 26.0 Å². The summed E-state index contributed by atoms with van der Waals surface area (Å²) in [5.41, 5.74) is 2.24. The number of carbonyl (C=O) groups excluding carboxylic acids is 1. The summed E-state index contributed by atoms with van der Waals surface area (Å²) in [6.07, 6.45) is 0.460. The molecular weight excluding hydrogens is 292 g/mol. The Morgan fingerprint density at radius 3 is 2.78 bits per heavy atom. The van der Waals surface area contributed by atoms with Crippen molar-refractivity contribution in [1.29, 1.82) is 0 Å². The second-order valence-electron chi connectivity index (χ2n) is 6.13. The Hall–Kier alpha value is -1.59. The molecule has 2 rings (SSSR count). The van der Waals surface area contributed by atoms with Crippen molar-refractivity contribution in [2.75, 3.05) is 39.4 Å². The zero-order chi connectivity index (χ0) is 16.7. The fourth-order valence-electron chi connectivity index (χ4n) is 2.66. The van der Waals surface area contributed by atoms with Crippen LogP contribution >= 0.6 is 0 Å². The molecule has 0 bridgehead atoms. The van der Waals surface area contributed by atoms with Crippen molar-refractivity contribution in [1.82, 2.24) is 10.2 Å². The van der Waals surface area contributed by atoms with Gasteiger partial charge in [-0.15, -0.1) is 0 Å². The molecule has 0 aliphatic carbocycles. The van der Waals surface area contributed by atoms with Crippen molar-refractivity contribution < 1.29 is 14.3 Å². The Morgan fingerprint density at radius 1 is 1.35 bits per heavy atom. The Morgan fingerprint density at radius 2 is 2.09 bits per heavy atom. The highest BCUT2D eigenvalue weighted by molar-refractivity contribution is 5.80. The third-order valence-electron chi connectivity index (χ3n) is 4.06. The number of benzene rings is 1. The number of nitrogens with one attached hydrogen (secondary N) is 1. The second-order valence-corrected chi connectivity index (χ2v) is 6.13. The minimum atomic E-state index is -0.486. The van der Waals surface area contributed by atoms with Crippen molar-refractivity contribution in [2.45, 2.75) is 33.3 Å². The van der Waals surface area contributed by atoms with Crippen LogP contribution in [-0.2, 0) is 9.53 Å². The first kappa shape index (κ1) is 17.8. The number of hydrogen-bond acceptors (Lipinski definition) is 4. The molecule has 1 aliphatic heterocycles. The van der Waals surface area contributed by atoms with E-state index in [1.165, 1.54) is 5.56 Å². The average Bonchev–Trinajstić information content (AvgIpc) is 2.55. The fraction of sp³-hybridized carbons (Fsp3) is 0.611. The van der Waals surface area contributed by atoms with Crippen molar-refractivity contribution in [2.24, 2.45) is 0 Å². The first-order valence-electron chi connectivity index (χ1n) is 8.38. The van der Waals surface area contributed by atoms with E-state index < -0.39 is 6.10 Å². The smallest absolute Gasteiger partial charge is 0.260 e. The maximum Gasteiger partial charge on any atom is 0.260 e. The van der Waals surface area contributed by atoms with Crippen molar-refractivity contribution in [3.05, 3.63) is 29.3 Å². The van der Waals surface area contributed by atoms with Gasteiger partial charge in [0.1, 0.15) is 5.75 Å². The van der Waals surface area contributed by atoms with Crippen LogP contribution in [0.1, 0.15) is 24.5 Å². The summed E-state index contributed by atoms with van der Waals surface area (Å²) in [5, 5.41) is 2.95. The molecule has 1 fully saturated rings. The minimum Gasteiger partial charge on any atom is -0.481 e. The van der Waals surface area contributed by atoms with E-state index >= 15 is 0 Å². The Labute approximate surface area is 139 Å². The SMILES string of the molecule is Cc1ccc(O[C@H](C)C(=O)NCCCN2CCOCC2)c(C)c1. The fourth-order valence-corrected chi connectivity index (χ4v) is 2.66. The molecule has 1 aromatic carbocycles. The minimum absolute atomic E-state index is 0.0630. The van der Waals surface area contributed by atoms with Crippen LogP contribution in [-0.4, -0.2) is 56.3 Å². The molecule has 5 heteroatoms. The number of amides is 1. The van der Waals surface area contributed by atoms with Crippen LogP contribution in [0.25, 0.3) is 0 Å². The van der Waals surface area contributed by atoms with Gasteiger partial charge in [-0.3, -0.25) is 9.69 Å². The van der Waals surface area contributed by atoms with Crippen LogP contribution in [0.3, 0.4) is 0 Å². The molecule has 0 radical (unpaired) electrons. The Bertz CT molecular complexity index is 513. The van der Waals surface area contributed by atoms with Gasteiger partial charge in [0.2, 0.25) is 0 Å². The zero-order valence-electron chi connectivity index (χ0n) is 14.4. The van der Waals surface area contributed by atoms with Crippen LogP contribution < -0.4 is 10.1 Å². The maximum absolute atomic E-state index is 12.1. The van der Waals surface area contributed by atoms with Gasteiger partial charge in [-0.1, -0.05) is 17.7 Å². The first-order chi connectivity index (χ1) is 11.1. The molecule has 1 aliphatic rings. The van der Waals surface area contributed by atoms with Gasteiger partial charge in [-0.25, -0.2) is 0 Å². The van der Waals surface area contributed by atoms with E-state index in [2.05, 4.69) is 16.3 Å². The van der Waals surface area contributed by atoms with Gasteiger partial charge >= 0.3 is 0 Å². The van der Waals surface area contributed by atoms with Gasteiger partial charge in [0.25, 0.3) is 5.91 Å². The predicted octanol–water partition coefficient (Wildman–Crippen LogP) is 1.91. The molecule has 1 heterocycles. The summed E-state index contributed by atoms with van der Waals surface area (Å²) in [4.78, 5) is 14.5. The molecule has 0 saturated carbocycles. The van der Waals surface area contributed by atoms with Gasteiger partial charge in [0, 0.05) is 19.6 Å². The molecule has 128 valence electrons. The molecule has 0 unspecified atom stereocenters. The number of hydrogen-bond donors (Lipinski definition) is 1. The molecule has 1 N–H and O–H groups in total.